The summed E-state index contributed by atoms with van der Waals surface area (Å²) in [6.45, 7) is 8.07. The van der Waals surface area contributed by atoms with E-state index in [0.29, 0.717) is 6.98 Å². The molecule has 0 saturated heterocycles. The van der Waals surface area contributed by atoms with Crippen LogP contribution in [0.25, 0.3) is 39.7 Å². The van der Waals surface area contributed by atoms with Crippen LogP contribution >= 0.6 is 0 Å². The molecule has 2 aromatic heterocycles. The Morgan fingerprint density at radius 1 is 1.00 bits per heavy atom. The zero-order valence-electron chi connectivity index (χ0n) is 30.9. The number of halogens is 3. The Morgan fingerprint density at radius 2 is 1.65 bits per heavy atom. The number of benzene rings is 3. The monoisotopic (exact) mass is 889 g/mol. The average Bonchev–Trinajstić information content (AvgIpc) is 3.49. The third-order valence-electron chi connectivity index (χ3n) is 7.15. The van der Waals surface area contributed by atoms with Gasteiger partial charge in [0.05, 0.1) is 5.76 Å². The van der Waals surface area contributed by atoms with E-state index in [9.17, 15) is 23.1 Å². The number of alkyl halides is 3. The van der Waals surface area contributed by atoms with Crippen LogP contribution in [0.15, 0.2) is 72.6 Å². The Labute approximate surface area is 283 Å². The largest absolute Gasteiger partial charge is 0 e. The third kappa shape index (κ3) is 7.94. The number of aliphatic hydroxyl groups excluding tert-OH is 1. The van der Waals surface area contributed by atoms with E-state index < -0.39 is 56.1 Å². The van der Waals surface area contributed by atoms with Crippen LogP contribution in [0, 0.1) is 17.9 Å². The van der Waals surface area contributed by atoms with Crippen molar-refractivity contribution in [2.75, 3.05) is 0 Å². The number of nitrogens with zero attached hydrogens (tertiary/aromatic N) is 2. The first-order chi connectivity index (χ1) is 23.0. The van der Waals surface area contributed by atoms with Crippen molar-refractivity contribution in [3.8, 4) is 9.27 Å². The molecule has 0 amide bonds. The second kappa shape index (κ2) is 15.4. The molecule has 2 heterocycles. The van der Waals surface area contributed by atoms with Crippen LogP contribution in [0.3, 0.4) is 0 Å². The molecule has 229 valence electrons. The molecule has 0 saturated carbocycles. The zero-order valence-corrected chi connectivity index (χ0v) is 28.6. The number of aromatic nitrogens is 2. The molecular weight excluding hydrogens is 845 g/mol. The van der Waals surface area contributed by atoms with Gasteiger partial charge in [-0.3, -0.25) is 4.79 Å². The first-order valence-electron chi connectivity index (χ1n) is 17.1. The van der Waals surface area contributed by atoms with E-state index in [0.717, 1.165) is 37.8 Å². The maximum absolute atomic E-state index is 14.2. The zero-order chi connectivity index (χ0) is 36.5. The summed E-state index contributed by atoms with van der Waals surface area (Å²) in [4.78, 5) is 19.5. The Hall–Kier alpha value is -2.56. The van der Waals surface area contributed by atoms with Crippen molar-refractivity contribution in [2.24, 2.45) is 11.8 Å². The minimum absolute atomic E-state index is 0. The summed E-state index contributed by atoms with van der Waals surface area (Å²) in [5.74, 6) is 0.547. The van der Waals surface area contributed by atoms with E-state index in [-0.39, 0.29) is 94.9 Å². The van der Waals surface area contributed by atoms with Crippen molar-refractivity contribution < 1.29 is 52.8 Å². The predicted octanol–water partition coefficient (Wildman–Crippen LogP) is 9.35. The molecule has 3 aromatic carbocycles. The summed E-state index contributed by atoms with van der Waals surface area (Å²) in [7, 11) is 0. The minimum Gasteiger partial charge on any atom is 0 e. The number of aliphatic hydroxyl groups is 1. The maximum atomic E-state index is 14.2. The van der Waals surface area contributed by atoms with E-state index in [2.05, 4.69) is 16.0 Å². The van der Waals surface area contributed by atoms with Crippen LogP contribution < -0.4 is 0 Å². The van der Waals surface area contributed by atoms with E-state index in [1.165, 1.54) is 12.1 Å². The fraction of sp³-hybridized carbons (Fsp3) is 0.324. The molecule has 43 heavy (non-hydrogen) atoms. The fourth-order valence-electron chi connectivity index (χ4n) is 4.75. The number of hydrogen-bond acceptors (Lipinski definition) is 4. The number of carbonyl (C=O) groups excluding carboxylic acids is 1. The SMILES string of the molecule is CCC(CC)C(=O)/C=C(\O)C(CC)CC.[2H]c1nc(-c2[c-]c3c([2H])c([2H])c([2H])c([2H])c3[te]2)c2cc3cc([2H])c([2H])cc3c(C(F)(F)F)c2n1.[Ir]. The van der Waals surface area contributed by atoms with Gasteiger partial charge in [0, 0.05) is 38.0 Å². The Bertz CT molecular complexity index is 2060. The molecule has 0 aliphatic heterocycles. The van der Waals surface area contributed by atoms with E-state index in [1.807, 2.05) is 27.7 Å². The van der Waals surface area contributed by atoms with Crippen LogP contribution in [0.2, 0.25) is 0 Å². The fourth-order valence-corrected chi connectivity index (χ4v) is 7.37. The molecule has 0 atom stereocenters. The summed E-state index contributed by atoms with van der Waals surface area (Å²) < 4.78 is 98.9. The second-order valence-corrected chi connectivity index (χ2v) is 12.6. The van der Waals surface area contributed by atoms with Gasteiger partial charge in [-0.25, -0.2) is 0 Å². The molecule has 0 unspecified atom stereocenters. The summed E-state index contributed by atoms with van der Waals surface area (Å²) in [6.07, 6.45) is -0.626. The number of carbonyl (C=O) groups is 1. The number of ketones is 1. The summed E-state index contributed by atoms with van der Waals surface area (Å²) in [5.41, 5.74) is -1.64. The van der Waals surface area contributed by atoms with Crippen molar-refractivity contribution >= 4 is 56.7 Å². The standard InChI is InChI=1S/C21H10F3N2Te.C13H24O2.Ir/c22-21(23,24)18-14-7-3-1-5-12(14)9-15-19(25-11-26-20(15)18)17-10-13-6-2-4-8-16(13)27-17;1-5-10(6-2)12(14)9-13(15)11(7-3)8-4;/h1-9,11H;9-11,14H,5-8H2,1-4H3;/q-1;;/b;12-9-;/i1D,2D,3D,4D,6D,8D,11D;;. The van der Waals surface area contributed by atoms with Gasteiger partial charge < -0.3 is 5.11 Å². The summed E-state index contributed by atoms with van der Waals surface area (Å²) in [5, 5.41) is 9.64. The molecule has 5 aromatic rings. The van der Waals surface area contributed by atoms with Gasteiger partial charge in [-0.2, -0.15) is 0 Å². The molecule has 0 fully saturated rings. The van der Waals surface area contributed by atoms with E-state index >= 15 is 0 Å². The molecule has 9 heteroatoms. The molecule has 0 aliphatic carbocycles. The first kappa shape index (κ1) is 25.7. The number of rotatable bonds is 8. The molecule has 5 rings (SSSR count). The van der Waals surface area contributed by atoms with Gasteiger partial charge in [0.25, 0.3) is 0 Å². The van der Waals surface area contributed by atoms with Crippen LogP contribution in [0.1, 0.15) is 68.5 Å². The number of allylic oxidation sites excluding steroid dienone is 2. The Morgan fingerprint density at radius 3 is 2.30 bits per heavy atom. The van der Waals surface area contributed by atoms with E-state index in [1.54, 1.807) is 0 Å². The quantitative estimate of drug-likeness (QED) is 0.0555. The summed E-state index contributed by atoms with van der Waals surface area (Å²) >= 11 is -1.52. The van der Waals surface area contributed by atoms with Crippen molar-refractivity contribution in [1.82, 2.24) is 9.97 Å². The average molecular weight is 887 g/mol. The molecule has 1 radical (unpaired) electrons. The predicted molar refractivity (Wildman–Crippen MR) is 165 cm³/mol. The topological polar surface area (TPSA) is 63.1 Å². The van der Waals surface area contributed by atoms with Crippen LogP contribution in [0.5, 0.6) is 0 Å². The normalized spacial score (nSPS) is 14.3. The van der Waals surface area contributed by atoms with Gasteiger partial charge in [-0.05, 0) is 25.7 Å². The maximum Gasteiger partial charge on any atom is 0 e. The molecule has 4 nitrogen and oxygen atoms in total. The Kier molecular flexibility index (Phi) is 9.24. The van der Waals surface area contributed by atoms with Crippen LogP contribution in [-0.2, 0) is 31.1 Å². The molecule has 0 spiro atoms. The smallest absolute Gasteiger partial charge is 0 e. The van der Waals surface area contributed by atoms with Crippen molar-refractivity contribution in [3.05, 3.63) is 84.2 Å². The first-order valence-corrected chi connectivity index (χ1v) is 16.0. The number of hydrogen-bond donors (Lipinski definition) is 1. The summed E-state index contributed by atoms with van der Waals surface area (Å²) in [6, 6.07) is 4.45. The van der Waals surface area contributed by atoms with Crippen LogP contribution in [-0.4, -0.2) is 41.3 Å². The van der Waals surface area contributed by atoms with Gasteiger partial charge >= 0.3 is 171 Å². The Balaban J connectivity index is 0.000000361. The molecule has 0 aliphatic rings. The molecule has 1 N–H and O–H groups in total. The van der Waals surface area contributed by atoms with Gasteiger partial charge in [0.1, 0.15) is 0 Å². The minimum atomic E-state index is -4.87. The molecular formula is C34H34F3IrN2O2Te-. The van der Waals surface area contributed by atoms with Crippen LogP contribution in [0.4, 0.5) is 13.2 Å². The van der Waals surface area contributed by atoms with Gasteiger partial charge in [0.15, 0.2) is 5.78 Å². The second-order valence-electron chi connectivity index (χ2n) is 9.66. The van der Waals surface area contributed by atoms with E-state index in [4.69, 9.17) is 9.60 Å². The third-order valence-corrected chi connectivity index (χ3v) is 10.0. The number of fused-ring (bicyclic) bond motifs is 3. The van der Waals surface area contributed by atoms with Crippen molar-refractivity contribution in [1.29, 1.82) is 0 Å². The van der Waals surface area contributed by atoms with Crippen molar-refractivity contribution in [3.63, 3.8) is 0 Å². The van der Waals surface area contributed by atoms with Gasteiger partial charge in [-0.15, -0.1) is 0 Å². The van der Waals surface area contributed by atoms with Gasteiger partial charge in [-0.1, -0.05) is 27.7 Å². The van der Waals surface area contributed by atoms with Crippen molar-refractivity contribution in [2.45, 2.75) is 59.6 Å². The van der Waals surface area contributed by atoms with Gasteiger partial charge in [0.2, 0.25) is 0 Å². The molecule has 0 bridgehead atoms.